The van der Waals surface area contributed by atoms with Crippen LogP contribution in [0, 0.1) is 46.3 Å². The molecule has 0 aromatic heterocycles. The number of rotatable bonds is 4. The average Bonchev–Trinajstić information content (AvgIpc) is 3.72. The first kappa shape index (κ1) is 22.5. The van der Waals surface area contributed by atoms with Gasteiger partial charge >= 0.3 is 17.9 Å². The number of epoxide rings is 3. The molecule has 3 saturated heterocycles. The number of carboxylic acid groups (broad SMARTS) is 1. The summed E-state index contributed by atoms with van der Waals surface area (Å²) in [6.07, 6.45) is 5.83. The summed E-state index contributed by atoms with van der Waals surface area (Å²) >= 11 is 0. The van der Waals surface area contributed by atoms with Crippen LogP contribution in [0.5, 0.6) is 0 Å². The van der Waals surface area contributed by atoms with Crippen molar-refractivity contribution in [3.8, 4) is 0 Å². The number of hydrogen-bond acceptors (Lipinski definition) is 8. The van der Waals surface area contributed by atoms with E-state index < -0.39 is 46.7 Å². The molecule has 0 radical (unpaired) electrons. The van der Waals surface area contributed by atoms with Crippen LogP contribution in [0.1, 0.15) is 46.5 Å². The summed E-state index contributed by atoms with van der Waals surface area (Å²) in [4.78, 5) is 38.8. The Morgan fingerprint density at radius 1 is 1.15 bits per heavy atom. The van der Waals surface area contributed by atoms with Gasteiger partial charge in [-0.3, -0.25) is 9.59 Å². The van der Waals surface area contributed by atoms with Gasteiger partial charge in [-0.1, -0.05) is 32.9 Å². The zero-order chi connectivity index (χ0) is 26.6. The number of aliphatic carboxylic acids is 1. The van der Waals surface area contributed by atoms with Crippen LogP contribution in [-0.4, -0.2) is 70.8 Å². The lowest BCUT2D eigenvalue weighted by atomic mass is 9.46. The van der Waals surface area contributed by atoms with Crippen LogP contribution in [0.15, 0.2) is 23.3 Å². The third-order valence-electron chi connectivity index (χ3n) is 13.4. The molecule has 4 aliphatic heterocycles. The molecule has 10 aliphatic rings. The van der Waals surface area contributed by atoms with Crippen molar-refractivity contribution in [3.05, 3.63) is 23.3 Å². The van der Waals surface area contributed by atoms with Gasteiger partial charge in [0.2, 0.25) is 0 Å². The minimum absolute atomic E-state index is 0.0276. The fourth-order valence-corrected chi connectivity index (χ4v) is 11.4. The third kappa shape index (κ3) is 2.00. The smallest absolute Gasteiger partial charge is 0.334 e. The summed E-state index contributed by atoms with van der Waals surface area (Å²) in [6.45, 7) is 6.76. The van der Waals surface area contributed by atoms with E-state index in [0.29, 0.717) is 13.0 Å². The molecular formula is C30H32O9. The first-order valence-corrected chi connectivity index (χ1v) is 14.6. The van der Waals surface area contributed by atoms with Gasteiger partial charge in [0.1, 0.15) is 30.0 Å². The van der Waals surface area contributed by atoms with E-state index in [2.05, 4.69) is 26.8 Å². The van der Waals surface area contributed by atoms with E-state index >= 15 is 0 Å². The quantitative estimate of drug-likeness (QED) is 0.327. The normalized spacial score (nSPS) is 60.7. The summed E-state index contributed by atoms with van der Waals surface area (Å²) < 4.78 is 32.0. The molecule has 10 rings (SSSR count). The Balaban J connectivity index is 1.06. The van der Waals surface area contributed by atoms with Gasteiger partial charge in [0.05, 0.1) is 17.9 Å². The van der Waals surface area contributed by atoms with E-state index in [0.717, 1.165) is 30.4 Å². The maximum atomic E-state index is 14.1. The molecule has 14 atom stereocenters. The molecule has 0 aromatic rings. The minimum atomic E-state index is -0.922. The zero-order valence-corrected chi connectivity index (χ0v) is 22.2. The lowest BCUT2D eigenvalue weighted by Crippen LogP contribution is -2.70. The van der Waals surface area contributed by atoms with Gasteiger partial charge in [0, 0.05) is 16.9 Å². The Morgan fingerprint density at radius 2 is 1.97 bits per heavy atom. The molecule has 9 nitrogen and oxygen atoms in total. The summed E-state index contributed by atoms with van der Waals surface area (Å²) in [6, 6.07) is 0. The molecular weight excluding hydrogens is 504 g/mol. The second kappa shape index (κ2) is 6.02. The Morgan fingerprint density at radius 3 is 2.69 bits per heavy atom. The molecule has 9 heteroatoms. The number of carbonyl (C=O) groups excluding carboxylic acids is 2. The second-order valence-electron chi connectivity index (χ2n) is 14.5. The van der Waals surface area contributed by atoms with Gasteiger partial charge in [-0.25, -0.2) is 4.79 Å². The zero-order valence-electron chi connectivity index (χ0n) is 22.2. The lowest BCUT2D eigenvalue weighted by molar-refractivity contribution is -0.178. The number of esters is 2. The van der Waals surface area contributed by atoms with Gasteiger partial charge in [0.15, 0.2) is 11.7 Å². The Kier molecular flexibility index (Phi) is 3.47. The number of fused-ring (bicyclic) bond motifs is 4. The SMILES string of the molecule is CC(C)[C@@]12O[C@H]1[C@H]1O[C@]13[C@]1(O[C@H]1C[C@H]1C4=C(CC[C@@]13C)C(=O)OC4)[C@@H]2OC(=O)[C@@H]1C2CC23C=CC3[C@@H]1C(=O)O. The summed E-state index contributed by atoms with van der Waals surface area (Å²) in [5.41, 5.74) is -0.753. The van der Waals surface area contributed by atoms with Gasteiger partial charge in [0.25, 0.3) is 0 Å². The standard InChI is InChI=1S/C30H32O9/c1-11(2)28-20(38-28)21-30(39-21)26(3)6-4-12-13(10-35-23(12)33)15(26)8-17-29(30,37-17)25(28)36-24(34)19-16-9-27(16)7-5-14(27)18(19)22(31)32/h5,7,11,14-21,25H,4,6,8-10H2,1-3H3,(H,31,32)/t14?,15-,16?,17-,18-,19+,20-,21+,25+,26-,27?,28+,29+,30+/m0/s1. The van der Waals surface area contributed by atoms with Gasteiger partial charge in [-0.05, 0) is 54.4 Å². The van der Waals surface area contributed by atoms with Crippen LogP contribution in [-0.2, 0) is 38.1 Å². The van der Waals surface area contributed by atoms with Crippen LogP contribution in [0.2, 0.25) is 0 Å². The highest BCUT2D eigenvalue weighted by atomic mass is 16.8. The van der Waals surface area contributed by atoms with Crippen molar-refractivity contribution < 1.29 is 43.2 Å². The van der Waals surface area contributed by atoms with E-state index in [9.17, 15) is 19.5 Å². The molecule has 0 bridgehead atoms. The number of hydrogen-bond donors (Lipinski definition) is 1. The largest absolute Gasteiger partial charge is 0.481 e. The van der Waals surface area contributed by atoms with E-state index in [-0.39, 0.29) is 58.8 Å². The highest BCUT2D eigenvalue weighted by Gasteiger charge is 3.01. The van der Waals surface area contributed by atoms with Crippen LogP contribution >= 0.6 is 0 Å². The Hall–Kier alpha value is -2.23. The number of carboxylic acids is 1. The second-order valence-corrected chi connectivity index (χ2v) is 14.5. The maximum absolute atomic E-state index is 14.1. The Labute approximate surface area is 225 Å². The molecule has 0 aromatic carbocycles. The molecule has 3 unspecified atom stereocenters. The van der Waals surface area contributed by atoms with Crippen molar-refractivity contribution >= 4 is 17.9 Å². The molecule has 39 heavy (non-hydrogen) atoms. The van der Waals surface area contributed by atoms with Crippen molar-refractivity contribution in [3.63, 3.8) is 0 Å². The van der Waals surface area contributed by atoms with Crippen LogP contribution in [0.4, 0.5) is 0 Å². The van der Waals surface area contributed by atoms with E-state index in [4.69, 9.17) is 23.7 Å². The highest BCUT2D eigenvalue weighted by Crippen LogP contribution is 2.83. The molecule has 206 valence electrons. The predicted molar refractivity (Wildman–Crippen MR) is 129 cm³/mol. The molecule has 4 heterocycles. The number of allylic oxidation sites excluding steroid dienone is 2. The molecule has 0 amide bonds. The van der Waals surface area contributed by atoms with Crippen LogP contribution in [0.25, 0.3) is 0 Å². The molecule has 1 N–H and O–H groups in total. The summed E-state index contributed by atoms with van der Waals surface area (Å²) in [7, 11) is 0. The molecule has 3 spiro atoms. The van der Waals surface area contributed by atoms with Crippen molar-refractivity contribution in [2.45, 2.75) is 87.7 Å². The maximum Gasteiger partial charge on any atom is 0.334 e. The fraction of sp³-hybridized carbons (Fsp3) is 0.767. The van der Waals surface area contributed by atoms with Gasteiger partial charge in [-0.2, -0.15) is 0 Å². The monoisotopic (exact) mass is 536 g/mol. The summed E-state index contributed by atoms with van der Waals surface area (Å²) in [5, 5.41) is 10.1. The van der Waals surface area contributed by atoms with E-state index in [1.807, 2.05) is 6.08 Å². The Bertz CT molecular complexity index is 1400. The highest BCUT2D eigenvalue weighted by molar-refractivity contribution is 5.92. The number of cyclic esters (lactones) is 1. The number of ether oxygens (including phenoxy) is 5. The molecule has 4 saturated carbocycles. The van der Waals surface area contributed by atoms with Crippen molar-refractivity contribution in [2.24, 2.45) is 46.3 Å². The van der Waals surface area contributed by atoms with Crippen LogP contribution < -0.4 is 0 Å². The number of carbonyl (C=O) groups is 3. The topological polar surface area (TPSA) is 127 Å². The lowest BCUT2D eigenvalue weighted by Gasteiger charge is -2.53. The van der Waals surface area contributed by atoms with Gasteiger partial charge in [-0.15, -0.1) is 0 Å². The summed E-state index contributed by atoms with van der Waals surface area (Å²) in [5.74, 6) is -2.87. The minimum Gasteiger partial charge on any atom is -0.481 e. The molecule has 7 fully saturated rings. The van der Waals surface area contributed by atoms with E-state index in [1.54, 1.807) is 0 Å². The van der Waals surface area contributed by atoms with Crippen molar-refractivity contribution in [2.75, 3.05) is 6.61 Å². The average molecular weight is 537 g/mol. The van der Waals surface area contributed by atoms with Crippen LogP contribution in [0.3, 0.4) is 0 Å². The van der Waals surface area contributed by atoms with Gasteiger partial charge < -0.3 is 28.8 Å². The first-order chi connectivity index (χ1) is 18.6. The van der Waals surface area contributed by atoms with Crippen molar-refractivity contribution in [1.29, 1.82) is 0 Å². The first-order valence-electron chi connectivity index (χ1n) is 14.6. The molecule has 6 aliphatic carbocycles. The van der Waals surface area contributed by atoms with Crippen molar-refractivity contribution in [1.82, 2.24) is 0 Å². The van der Waals surface area contributed by atoms with E-state index in [1.165, 1.54) is 0 Å². The fourth-order valence-electron chi connectivity index (χ4n) is 11.4. The third-order valence-corrected chi connectivity index (χ3v) is 13.4. The predicted octanol–water partition coefficient (Wildman–Crippen LogP) is 2.18.